The Hall–Kier alpha value is -2.16. The Bertz CT molecular complexity index is 728. The lowest BCUT2D eigenvalue weighted by Gasteiger charge is -2.36. The third-order valence-corrected chi connectivity index (χ3v) is 5.88. The van der Waals surface area contributed by atoms with Gasteiger partial charge in [-0.2, -0.15) is 0 Å². The van der Waals surface area contributed by atoms with Gasteiger partial charge in [0.05, 0.1) is 6.04 Å². The van der Waals surface area contributed by atoms with Crippen LogP contribution in [0.1, 0.15) is 87.4 Å². The minimum Gasteiger partial charge on any atom is -0.331 e. The smallest absolute Gasteiger partial charge is 0.223 e. The van der Waals surface area contributed by atoms with E-state index >= 15 is 0 Å². The molecule has 150 valence electrons. The molecule has 0 fully saturated rings. The second-order valence-electron chi connectivity index (χ2n) is 8.00. The molecule has 0 radical (unpaired) electrons. The number of carbonyl (C=O) groups is 1. The van der Waals surface area contributed by atoms with Crippen molar-refractivity contribution in [2.24, 2.45) is 0 Å². The maximum atomic E-state index is 13.3. The molecule has 1 amide bonds. The third kappa shape index (κ3) is 5.67. The minimum atomic E-state index is 0.200. The predicted octanol–water partition coefficient (Wildman–Crippen LogP) is 6.24. The van der Waals surface area contributed by atoms with Gasteiger partial charge in [-0.1, -0.05) is 63.3 Å². The monoisotopic (exact) mass is 378 g/mol. The quantitative estimate of drug-likeness (QED) is 0.459. The van der Waals surface area contributed by atoms with Crippen molar-refractivity contribution in [3.8, 4) is 0 Å². The molecule has 1 unspecified atom stereocenters. The molecule has 0 saturated heterocycles. The SMILES string of the molecule is CCCCCCCCC(=O)N(Cc1ccncc1)C1CCCc2ccccc21. The normalized spacial score (nSPS) is 15.8. The lowest BCUT2D eigenvalue weighted by atomic mass is 9.86. The van der Waals surface area contributed by atoms with E-state index in [4.69, 9.17) is 0 Å². The number of fused-ring (bicyclic) bond motifs is 1. The van der Waals surface area contributed by atoms with E-state index in [-0.39, 0.29) is 6.04 Å². The van der Waals surface area contributed by atoms with Crippen LogP contribution in [0.4, 0.5) is 0 Å². The van der Waals surface area contributed by atoms with Gasteiger partial charge in [0.15, 0.2) is 0 Å². The summed E-state index contributed by atoms with van der Waals surface area (Å²) in [6, 6.07) is 12.9. The first-order valence-electron chi connectivity index (χ1n) is 11.1. The summed E-state index contributed by atoms with van der Waals surface area (Å²) in [6.45, 7) is 2.92. The van der Waals surface area contributed by atoms with Crippen LogP contribution < -0.4 is 0 Å². The number of benzene rings is 1. The molecule has 28 heavy (non-hydrogen) atoms. The van der Waals surface area contributed by atoms with E-state index in [0.29, 0.717) is 18.9 Å². The highest BCUT2D eigenvalue weighted by Gasteiger charge is 2.28. The number of hydrogen-bond acceptors (Lipinski definition) is 2. The molecule has 2 aromatic rings. The fourth-order valence-electron chi connectivity index (χ4n) is 4.31. The average molecular weight is 379 g/mol. The van der Waals surface area contributed by atoms with Crippen molar-refractivity contribution in [3.63, 3.8) is 0 Å². The van der Waals surface area contributed by atoms with Crippen LogP contribution in [0.2, 0.25) is 0 Å². The summed E-state index contributed by atoms with van der Waals surface area (Å²) in [5, 5.41) is 0. The van der Waals surface area contributed by atoms with E-state index < -0.39 is 0 Å². The zero-order valence-electron chi connectivity index (χ0n) is 17.3. The van der Waals surface area contributed by atoms with Crippen LogP contribution in [-0.4, -0.2) is 15.8 Å². The van der Waals surface area contributed by atoms with Crippen LogP contribution in [0.15, 0.2) is 48.8 Å². The molecule has 1 aliphatic carbocycles. The largest absolute Gasteiger partial charge is 0.331 e. The predicted molar refractivity (Wildman–Crippen MR) is 115 cm³/mol. The standard InChI is InChI=1S/C25H34N2O/c1-2-3-4-5-6-7-15-25(28)27(20-21-16-18-26-19-17-21)24-14-10-12-22-11-8-9-13-23(22)24/h8-9,11,13,16-19,24H,2-7,10,12,14-15,20H2,1H3. The van der Waals surface area contributed by atoms with Gasteiger partial charge in [-0.15, -0.1) is 0 Å². The first-order valence-corrected chi connectivity index (χ1v) is 11.1. The van der Waals surface area contributed by atoms with Gasteiger partial charge in [-0.05, 0) is 54.5 Å². The summed E-state index contributed by atoms with van der Waals surface area (Å²) < 4.78 is 0. The maximum absolute atomic E-state index is 13.3. The van der Waals surface area contributed by atoms with E-state index in [0.717, 1.165) is 37.7 Å². The van der Waals surface area contributed by atoms with Gasteiger partial charge in [-0.25, -0.2) is 0 Å². The number of hydrogen-bond donors (Lipinski definition) is 0. The van der Waals surface area contributed by atoms with E-state index in [1.807, 2.05) is 24.5 Å². The van der Waals surface area contributed by atoms with E-state index in [1.54, 1.807) is 0 Å². The molecule has 1 heterocycles. The molecule has 3 nitrogen and oxygen atoms in total. The number of nitrogens with zero attached hydrogens (tertiary/aromatic N) is 2. The minimum absolute atomic E-state index is 0.200. The zero-order chi connectivity index (χ0) is 19.6. The molecule has 3 heteroatoms. The molecule has 1 aromatic heterocycles. The lowest BCUT2D eigenvalue weighted by Crippen LogP contribution is -2.36. The Labute approximate surface area is 170 Å². The summed E-state index contributed by atoms with van der Waals surface area (Å²) in [5.74, 6) is 0.300. The number of aromatic nitrogens is 1. The number of pyridine rings is 1. The Morgan fingerprint density at radius 3 is 2.61 bits per heavy atom. The maximum Gasteiger partial charge on any atom is 0.223 e. The topological polar surface area (TPSA) is 33.2 Å². The highest BCUT2D eigenvalue weighted by Crippen LogP contribution is 2.35. The molecule has 1 atom stereocenters. The van der Waals surface area contributed by atoms with E-state index in [1.165, 1.54) is 36.8 Å². The fraction of sp³-hybridized carbons (Fsp3) is 0.520. The molecule has 0 saturated carbocycles. The van der Waals surface area contributed by atoms with Crippen molar-refractivity contribution < 1.29 is 4.79 Å². The molecule has 1 aromatic carbocycles. The van der Waals surface area contributed by atoms with Crippen molar-refractivity contribution in [3.05, 3.63) is 65.5 Å². The number of amides is 1. The van der Waals surface area contributed by atoms with Crippen LogP contribution in [0.5, 0.6) is 0 Å². The number of carbonyl (C=O) groups excluding carboxylic acids is 1. The van der Waals surface area contributed by atoms with E-state index in [2.05, 4.69) is 41.1 Å². The van der Waals surface area contributed by atoms with Gasteiger partial charge in [0, 0.05) is 25.4 Å². The third-order valence-electron chi connectivity index (χ3n) is 5.88. The lowest BCUT2D eigenvalue weighted by molar-refractivity contribution is -0.135. The van der Waals surface area contributed by atoms with Gasteiger partial charge < -0.3 is 4.90 Å². The Kier molecular flexibility index (Phi) is 8.07. The molecule has 0 aliphatic heterocycles. The number of unbranched alkanes of at least 4 members (excludes halogenated alkanes) is 5. The van der Waals surface area contributed by atoms with Gasteiger partial charge in [0.1, 0.15) is 0 Å². The molecule has 0 bridgehead atoms. The summed E-state index contributed by atoms with van der Waals surface area (Å²) in [7, 11) is 0. The first kappa shape index (κ1) is 20.6. The molecule has 1 aliphatic rings. The Morgan fingerprint density at radius 1 is 1.04 bits per heavy atom. The van der Waals surface area contributed by atoms with Crippen LogP contribution in [0.25, 0.3) is 0 Å². The second-order valence-corrected chi connectivity index (χ2v) is 8.00. The summed E-state index contributed by atoms with van der Waals surface area (Å²) in [6.07, 6.45) is 14.9. The van der Waals surface area contributed by atoms with E-state index in [9.17, 15) is 4.79 Å². The van der Waals surface area contributed by atoms with Crippen molar-refractivity contribution in [2.45, 2.75) is 83.7 Å². The van der Waals surface area contributed by atoms with Crippen LogP contribution in [-0.2, 0) is 17.8 Å². The summed E-state index contributed by atoms with van der Waals surface area (Å²) in [4.78, 5) is 19.5. The van der Waals surface area contributed by atoms with Gasteiger partial charge in [-0.3, -0.25) is 9.78 Å². The highest BCUT2D eigenvalue weighted by atomic mass is 16.2. The summed E-state index contributed by atoms with van der Waals surface area (Å²) >= 11 is 0. The van der Waals surface area contributed by atoms with Gasteiger partial charge in [0.25, 0.3) is 0 Å². The average Bonchev–Trinajstić information content (AvgIpc) is 2.75. The van der Waals surface area contributed by atoms with Crippen molar-refractivity contribution >= 4 is 5.91 Å². The fourth-order valence-corrected chi connectivity index (χ4v) is 4.31. The first-order chi connectivity index (χ1) is 13.8. The second kappa shape index (κ2) is 11.0. The highest BCUT2D eigenvalue weighted by molar-refractivity contribution is 5.77. The van der Waals surface area contributed by atoms with Crippen LogP contribution in [0.3, 0.4) is 0 Å². The van der Waals surface area contributed by atoms with Crippen molar-refractivity contribution in [1.82, 2.24) is 9.88 Å². The number of rotatable bonds is 10. The summed E-state index contributed by atoms with van der Waals surface area (Å²) in [5.41, 5.74) is 3.92. The molecule has 3 rings (SSSR count). The molecular formula is C25H34N2O. The number of aryl methyl sites for hydroxylation is 1. The Balaban J connectivity index is 1.70. The Morgan fingerprint density at radius 2 is 1.79 bits per heavy atom. The molecule has 0 spiro atoms. The van der Waals surface area contributed by atoms with Crippen molar-refractivity contribution in [1.29, 1.82) is 0 Å². The van der Waals surface area contributed by atoms with Crippen LogP contribution in [0, 0.1) is 0 Å². The van der Waals surface area contributed by atoms with Gasteiger partial charge in [0.2, 0.25) is 5.91 Å². The van der Waals surface area contributed by atoms with Gasteiger partial charge >= 0.3 is 0 Å². The van der Waals surface area contributed by atoms with Crippen LogP contribution >= 0.6 is 0 Å². The zero-order valence-corrected chi connectivity index (χ0v) is 17.3. The molecular weight excluding hydrogens is 344 g/mol. The molecule has 0 N–H and O–H groups in total. The van der Waals surface area contributed by atoms with Crippen molar-refractivity contribution in [2.75, 3.05) is 0 Å².